The number of benzene rings is 2. The Morgan fingerprint density at radius 1 is 1.24 bits per heavy atom. The fourth-order valence-corrected chi connectivity index (χ4v) is 3.69. The van der Waals surface area contributed by atoms with Crippen LogP contribution in [0.4, 0.5) is 4.39 Å². The molecule has 170 valence electrons. The van der Waals surface area contributed by atoms with Crippen molar-refractivity contribution in [3.63, 3.8) is 0 Å². The summed E-state index contributed by atoms with van der Waals surface area (Å²) in [6.45, 7) is 0. The van der Waals surface area contributed by atoms with Crippen LogP contribution in [-0.4, -0.2) is 38.4 Å². The molecule has 0 spiro atoms. The number of rotatable bonds is 10. The quantitative estimate of drug-likeness (QED) is 0.411. The molecule has 0 unspecified atom stereocenters. The average molecular weight is 470 g/mol. The molecule has 3 rings (SSSR count). The minimum Gasteiger partial charge on any atom is -0.481 e. The molecule has 0 saturated carbocycles. The highest BCUT2D eigenvalue weighted by atomic mass is 35.5. The Morgan fingerprint density at radius 2 is 2.00 bits per heavy atom. The maximum absolute atomic E-state index is 14.2. The monoisotopic (exact) mass is 469 g/mol. The molecule has 10 heteroatoms. The normalized spacial score (nSPS) is 12.5. The van der Waals surface area contributed by atoms with Gasteiger partial charge in [0.05, 0.1) is 18.2 Å². The minimum absolute atomic E-state index is 0.0793. The lowest BCUT2D eigenvalue weighted by Crippen LogP contribution is -2.39. The second kappa shape index (κ2) is 11.2. The molecule has 0 aliphatic carbocycles. The second-order valence-electron chi connectivity index (χ2n) is 7.52. The number of H-pyrrole nitrogens is 1. The molecule has 0 radical (unpaired) electrons. The molecule has 1 heterocycles. The molecule has 1 aromatic heterocycles. The summed E-state index contributed by atoms with van der Waals surface area (Å²) in [5.74, 6) is -2.72. The average Bonchev–Trinajstić information content (AvgIpc) is 3.34. The van der Waals surface area contributed by atoms with E-state index in [0.29, 0.717) is 22.6 Å². The molecule has 1 amide bonds. The number of amides is 1. The van der Waals surface area contributed by atoms with E-state index in [4.69, 9.17) is 16.9 Å². The lowest BCUT2D eigenvalue weighted by Gasteiger charge is -2.22. The number of nitriles is 1. The molecule has 8 nitrogen and oxygen atoms in total. The number of carboxylic acid groups (broad SMARTS) is 1. The van der Waals surface area contributed by atoms with Gasteiger partial charge in [-0.1, -0.05) is 41.1 Å². The van der Waals surface area contributed by atoms with Crippen molar-refractivity contribution in [3.05, 3.63) is 70.8 Å². The zero-order valence-corrected chi connectivity index (χ0v) is 18.2. The standard InChI is InChI=1S/C23H21ClFN5O3/c24-17-7-8-20(25)19(12-17)15-5-3-14(4-6-15)10-18(11-16(23(32)33)2-1-9-26)28-22(31)21-13-27-30-29-21/h3-8,12-13,16,18H,1-2,10-11H2,(H,28,31)(H,32,33)(H,27,29,30)/t16-,18-/m1/s1. The van der Waals surface area contributed by atoms with Crippen molar-refractivity contribution >= 4 is 23.5 Å². The maximum atomic E-state index is 14.2. The third kappa shape index (κ3) is 6.60. The number of hydrogen-bond donors (Lipinski definition) is 3. The van der Waals surface area contributed by atoms with Crippen LogP contribution in [0.2, 0.25) is 5.02 Å². The van der Waals surface area contributed by atoms with E-state index in [0.717, 1.165) is 5.56 Å². The van der Waals surface area contributed by atoms with Crippen LogP contribution in [0, 0.1) is 23.1 Å². The highest BCUT2D eigenvalue weighted by molar-refractivity contribution is 6.30. The third-order valence-electron chi connectivity index (χ3n) is 5.18. The van der Waals surface area contributed by atoms with Gasteiger partial charge >= 0.3 is 5.97 Å². The lowest BCUT2D eigenvalue weighted by atomic mass is 9.91. The second-order valence-corrected chi connectivity index (χ2v) is 7.96. The summed E-state index contributed by atoms with van der Waals surface area (Å²) in [6.07, 6.45) is 2.07. The molecule has 0 fully saturated rings. The van der Waals surface area contributed by atoms with E-state index in [9.17, 15) is 19.1 Å². The van der Waals surface area contributed by atoms with E-state index in [-0.39, 0.29) is 25.0 Å². The Balaban J connectivity index is 1.79. The Labute approximate surface area is 194 Å². The van der Waals surface area contributed by atoms with Gasteiger partial charge in [0.1, 0.15) is 5.82 Å². The van der Waals surface area contributed by atoms with Gasteiger partial charge in [-0.25, -0.2) is 4.39 Å². The molecule has 0 bridgehead atoms. The predicted octanol–water partition coefficient (Wildman–Crippen LogP) is 4.00. The number of aliphatic carboxylic acids is 1. The summed E-state index contributed by atoms with van der Waals surface area (Å²) >= 11 is 5.98. The van der Waals surface area contributed by atoms with Crippen molar-refractivity contribution in [1.82, 2.24) is 20.7 Å². The van der Waals surface area contributed by atoms with Crippen LogP contribution in [-0.2, 0) is 11.2 Å². The number of halogens is 2. The number of hydrogen-bond acceptors (Lipinski definition) is 5. The highest BCUT2D eigenvalue weighted by Crippen LogP contribution is 2.27. The Bertz CT molecular complexity index is 1150. The topological polar surface area (TPSA) is 132 Å². The number of aromatic amines is 1. The molecule has 3 aromatic rings. The van der Waals surface area contributed by atoms with E-state index >= 15 is 0 Å². The first-order chi connectivity index (χ1) is 15.9. The zero-order valence-electron chi connectivity index (χ0n) is 17.5. The van der Waals surface area contributed by atoms with Gasteiger partial charge in [-0.05, 0) is 48.6 Å². The molecular weight excluding hydrogens is 449 g/mol. The van der Waals surface area contributed by atoms with Gasteiger partial charge in [-0.15, -0.1) is 5.10 Å². The Morgan fingerprint density at radius 3 is 2.64 bits per heavy atom. The first-order valence-electron chi connectivity index (χ1n) is 10.2. The van der Waals surface area contributed by atoms with Crippen LogP contribution in [0.15, 0.2) is 48.7 Å². The first-order valence-corrected chi connectivity index (χ1v) is 10.6. The van der Waals surface area contributed by atoms with Crippen molar-refractivity contribution < 1.29 is 19.1 Å². The van der Waals surface area contributed by atoms with Gasteiger partial charge < -0.3 is 10.4 Å². The third-order valence-corrected chi connectivity index (χ3v) is 5.42. The lowest BCUT2D eigenvalue weighted by molar-refractivity contribution is -0.142. The predicted molar refractivity (Wildman–Crippen MR) is 119 cm³/mol. The van der Waals surface area contributed by atoms with Crippen LogP contribution >= 0.6 is 11.6 Å². The molecule has 33 heavy (non-hydrogen) atoms. The maximum Gasteiger partial charge on any atom is 0.306 e. The van der Waals surface area contributed by atoms with E-state index in [1.807, 2.05) is 6.07 Å². The summed E-state index contributed by atoms with van der Waals surface area (Å²) in [5.41, 5.74) is 1.90. The number of nitrogens with one attached hydrogen (secondary N) is 2. The van der Waals surface area contributed by atoms with Gasteiger partial charge in [0, 0.05) is 23.0 Å². The van der Waals surface area contributed by atoms with Crippen LogP contribution in [0.1, 0.15) is 35.3 Å². The summed E-state index contributed by atoms with van der Waals surface area (Å²) < 4.78 is 14.2. The smallest absolute Gasteiger partial charge is 0.306 e. The van der Waals surface area contributed by atoms with Crippen molar-refractivity contribution in [2.75, 3.05) is 0 Å². The molecular formula is C23H21ClFN5O3. The molecule has 0 saturated heterocycles. The first kappa shape index (κ1) is 23.9. The molecule has 2 atom stereocenters. The SMILES string of the molecule is N#CCC[C@H](C[C@@H](Cc1ccc(-c2cc(Cl)ccc2F)cc1)NC(=O)c1c[nH]nn1)C(=O)O. The van der Waals surface area contributed by atoms with Gasteiger partial charge in [0.2, 0.25) is 0 Å². The summed E-state index contributed by atoms with van der Waals surface area (Å²) in [5, 5.41) is 31.2. The van der Waals surface area contributed by atoms with Crippen molar-refractivity contribution in [2.45, 2.75) is 31.7 Å². The fraction of sp³-hybridized carbons (Fsp3) is 0.261. The molecule has 2 aromatic carbocycles. The van der Waals surface area contributed by atoms with Gasteiger partial charge in [-0.3, -0.25) is 14.7 Å². The molecule has 0 aliphatic rings. The van der Waals surface area contributed by atoms with Crippen molar-refractivity contribution in [2.24, 2.45) is 5.92 Å². The van der Waals surface area contributed by atoms with Gasteiger partial charge in [0.25, 0.3) is 5.91 Å². The van der Waals surface area contributed by atoms with Crippen LogP contribution in [0.25, 0.3) is 11.1 Å². The summed E-state index contributed by atoms with van der Waals surface area (Å²) in [7, 11) is 0. The number of carbonyl (C=O) groups excluding carboxylic acids is 1. The Hall–Kier alpha value is -3.77. The zero-order chi connectivity index (χ0) is 23.8. The van der Waals surface area contributed by atoms with Crippen LogP contribution in [0.5, 0.6) is 0 Å². The summed E-state index contributed by atoms with van der Waals surface area (Å²) in [4.78, 5) is 24.2. The summed E-state index contributed by atoms with van der Waals surface area (Å²) in [6, 6.07) is 12.8. The fourth-order valence-electron chi connectivity index (χ4n) is 3.51. The van der Waals surface area contributed by atoms with E-state index < -0.39 is 29.7 Å². The van der Waals surface area contributed by atoms with Crippen molar-refractivity contribution in [1.29, 1.82) is 5.26 Å². The van der Waals surface area contributed by atoms with Crippen LogP contribution < -0.4 is 5.32 Å². The number of carbonyl (C=O) groups is 2. The largest absolute Gasteiger partial charge is 0.481 e. The molecule has 3 N–H and O–H groups in total. The van der Waals surface area contributed by atoms with Crippen molar-refractivity contribution in [3.8, 4) is 17.2 Å². The Kier molecular flexibility index (Phi) is 8.11. The van der Waals surface area contributed by atoms with E-state index in [2.05, 4.69) is 20.7 Å². The molecule has 0 aliphatic heterocycles. The minimum atomic E-state index is -1.03. The van der Waals surface area contributed by atoms with E-state index in [1.165, 1.54) is 18.3 Å². The van der Waals surface area contributed by atoms with E-state index in [1.54, 1.807) is 30.3 Å². The van der Waals surface area contributed by atoms with Gasteiger partial charge in [0.15, 0.2) is 5.69 Å². The number of aromatic nitrogens is 3. The number of nitrogens with zero attached hydrogens (tertiary/aromatic N) is 3. The van der Waals surface area contributed by atoms with Crippen LogP contribution in [0.3, 0.4) is 0 Å². The highest BCUT2D eigenvalue weighted by Gasteiger charge is 2.25. The van der Waals surface area contributed by atoms with Gasteiger partial charge in [-0.2, -0.15) is 5.26 Å². The number of carboxylic acids is 1.